The Kier molecular flexibility index (Phi) is 5.16. The first-order valence-electron chi connectivity index (χ1n) is 8.98. The number of esters is 1. The van der Waals surface area contributed by atoms with Gasteiger partial charge in [0.2, 0.25) is 5.82 Å². The summed E-state index contributed by atoms with van der Waals surface area (Å²) in [5.41, 5.74) is 2.84. The van der Waals surface area contributed by atoms with Crippen molar-refractivity contribution in [2.24, 2.45) is 0 Å². The molecular formula is C19H24N4O4. The molecular weight excluding hydrogens is 348 g/mol. The summed E-state index contributed by atoms with van der Waals surface area (Å²) >= 11 is 0. The Morgan fingerprint density at radius 2 is 1.96 bits per heavy atom. The standard InChI is InChI=1S/C19H24N4O4/c1-12(2)27-16(24)11-23-19(26)22-8-7-21(18(25)17(22)20-23)10-15-9-13(3)5-6-14(15)4/h5-6,9,12H,7-8,10-11H2,1-4H3. The minimum absolute atomic E-state index is 0.0638. The number of amides is 1. The fourth-order valence-electron chi connectivity index (χ4n) is 3.12. The highest BCUT2D eigenvalue weighted by Gasteiger charge is 2.30. The summed E-state index contributed by atoms with van der Waals surface area (Å²) in [5, 5.41) is 4.09. The van der Waals surface area contributed by atoms with Crippen molar-refractivity contribution in [2.75, 3.05) is 6.54 Å². The molecule has 1 aromatic carbocycles. The quantitative estimate of drug-likeness (QED) is 0.738. The second-order valence-corrected chi connectivity index (χ2v) is 7.11. The van der Waals surface area contributed by atoms with Gasteiger partial charge in [-0.15, -0.1) is 5.10 Å². The molecule has 1 amide bonds. The number of benzene rings is 1. The summed E-state index contributed by atoms with van der Waals surface area (Å²) < 4.78 is 7.37. The number of fused-ring (bicyclic) bond motifs is 1. The highest BCUT2D eigenvalue weighted by molar-refractivity contribution is 5.91. The average molecular weight is 372 g/mol. The maximum absolute atomic E-state index is 12.8. The number of ether oxygens (including phenoxy) is 1. The van der Waals surface area contributed by atoms with Crippen LogP contribution in [0.15, 0.2) is 23.0 Å². The van der Waals surface area contributed by atoms with Gasteiger partial charge in [-0.3, -0.25) is 14.2 Å². The molecule has 8 heteroatoms. The van der Waals surface area contributed by atoms with Crippen LogP contribution >= 0.6 is 0 Å². The maximum atomic E-state index is 12.8. The smallest absolute Gasteiger partial charge is 0.346 e. The fourth-order valence-corrected chi connectivity index (χ4v) is 3.12. The van der Waals surface area contributed by atoms with E-state index in [2.05, 4.69) is 11.2 Å². The first-order valence-corrected chi connectivity index (χ1v) is 8.98. The lowest BCUT2D eigenvalue weighted by Crippen LogP contribution is -2.42. The minimum atomic E-state index is -0.553. The molecule has 27 heavy (non-hydrogen) atoms. The first kappa shape index (κ1) is 18.9. The third kappa shape index (κ3) is 3.94. The minimum Gasteiger partial charge on any atom is -0.462 e. The van der Waals surface area contributed by atoms with Crippen molar-refractivity contribution in [3.63, 3.8) is 0 Å². The first-order chi connectivity index (χ1) is 12.8. The topological polar surface area (TPSA) is 86.4 Å². The third-order valence-electron chi connectivity index (χ3n) is 4.51. The highest BCUT2D eigenvalue weighted by Crippen LogP contribution is 2.17. The Bertz CT molecular complexity index is 942. The molecule has 0 N–H and O–H groups in total. The molecule has 2 heterocycles. The number of aryl methyl sites for hydroxylation is 2. The van der Waals surface area contributed by atoms with Crippen LogP contribution in [0, 0.1) is 13.8 Å². The highest BCUT2D eigenvalue weighted by atomic mass is 16.5. The van der Waals surface area contributed by atoms with E-state index in [1.807, 2.05) is 26.0 Å². The van der Waals surface area contributed by atoms with E-state index >= 15 is 0 Å². The largest absolute Gasteiger partial charge is 0.462 e. The van der Waals surface area contributed by atoms with Crippen LogP contribution in [-0.4, -0.2) is 43.8 Å². The number of rotatable bonds is 5. The molecule has 0 unspecified atom stereocenters. The van der Waals surface area contributed by atoms with Crippen molar-refractivity contribution in [1.29, 1.82) is 0 Å². The van der Waals surface area contributed by atoms with Crippen LogP contribution in [0.2, 0.25) is 0 Å². The summed E-state index contributed by atoms with van der Waals surface area (Å²) in [7, 11) is 0. The summed E-state index contributed by atoms with van der Waals surface area (Å²) in [6.07, 6.45) is -0.278. The molecule has 0 fully saturated rings. The van der Waals surface area contributed by atoms with E-state index in [4.69, 9.17) is 4.74 Å². The molecule has 0 aliphatic carbocycles. The Labute approximate surface area is 157 Å². The van der Waals surface area contributed by atoms with Crippen LogP contribution in [0.1, 0.15) is 41.2 Å². The lowest BCUT2D eigenvalue weighted by Gasteiger charge is -2.27. The lowest BCUT2D eigenvalue weighted by molar-refractivity contribution is -0.148. The molecule has 2 aromatic rings. The molecule has 8 nitrogen and oxygen atoms in total. The molecule has 3 rings (SSSR count). The van der Waals surface area contributed by atoms with Crippen LogP contribution in [-0.2, 0) is 29.2 Å². The van der Waals surface area contributed by atoms with Crippen LogP contribution < -0.4 is 5.69 Å². The maximum Gasteiger partial charge on any atom is 0.346 e. The monoisotopic (exact) mass is 372 g/mol. The second kappa shape index (κ2) is 7.38. The molecule has 1 aliphatic rings. The van der Waals surface area contributed by atoms with Crippen molar-refractivity contribution in [2.45, 2.75) is 53.4 Å². The predicted molar refractivity (Wildman–Crippen MR) is 98.4 cm³/mol. The van der Waals surface area contributed by atoms with Gasteiger partial charge in [0.25, 0.3) is 5.91 Å². The second-order valence-electron chi connectivity index (χ2n) is 7.11. The van der Waals surface area contributed by atoms with Crippen LogP contribution in [0.5, 0.6) is 0 Å². The summed E-state index contributed by atoms with van der Waals surface area (Å²) in [4.78, 5) is 38.7. The number of carbonyl (C=O) groups excluding carboxylic acids is 2. The molecule has 0 saturated heterocycles. The van der Waals surface area contributed by atoms with Gasteiger partial charge in [0.15, 0.2) is 0 Å². The summed E-state index contributed by atoms with van der Waals surface area (Å²) in [6.45, 7) is 8.40. The molecule has 0 radical (unpaired) electrons. The van der Waals surface area contributed by atoms with Gasteiger partial charge in [-0.1, -0.05) is 23.8 Å². The van der Waals surface area contributed by atoms with Crippen LogP contribution in [0.3, 0.4) is 0 Å². The Morgan fingerprint density at radius 1 is 1.22 bits per heavy atom. The van der Waals surface area contributed by atoms with Crippen LogP contribution in [0.4, 0.5) is 0 Å². The lowest BCUT2D eigenvalue weighted by atomic mass is 10.0. The fraction of sp³-hybridized carbons (Fsp3) is 0.474. The number of aromatic nitrogens is 3. The average Bonchev–Trinajstić information content (AvgIpc) is 2.89. The Morgan fingerprint density at radius 3 is 2.67 bits per heavy atom. The van der Waals surface area contributed by atoms with Gasteiger partial charge >= 0.3 is 11.7 Å². The van der Waals surface area contributed by atoms with Crippen molar-refractivity contribution in [3.8, 4) is 0 Å². The van der Waals surface area contributed by atoms with Gasteiger partial charge in [0.05, 0.1) is 6.10 Å². The Hall–Kier alpha value is -2.90. The number of hydrogen-bond donors (Lipinski definition) is 0. The third-order valence-corrected chi connectivity index (χ3v) is 4.51. The molecule has 144 valence electrons. The van der Waals surface area contributed by atoms with Gasteiger partial charge in [0, 0.05) is 19.6 Å². The van der Waals surface area contributed by atoms with Gasteiger partial charge in [0.1, 0.15) is 6.54 Å². The molecule has 0 saturated carbocycles. The van der Waals surface area contributed by atoms with Crippen molar-refractivity contribution >= 4 is 11.9 Å². The van der Waals surface area contributed by atoms with E-state index in [9.17, 15) is 14.4 Å². The number of nitrogens with zero attached hydrogens (tertiary/aromatic N) is 4. The van der Waals surface area contributed by atoms with Crippen molar-refractivity contribution in [3.05, 3.63) is 51.2 Å². The van der Waals surface area contributed by atoms with E-state index in [0.29, 0.717) is 19.6 Å². The zero-order valence-corrected chi connectivity index (χ0v) is 16.1. The molecule has 0 spiro atoms. The number of carbonyl (C=O) groups is 2. The molecule has 0 atom stereocenters. The molecule has 1 aliphatic heterocycles. The number of hydrogen-bond acceptors (Lipinski definition) is 5. The van der Waals surface area contributed by atoms with E-state index in [-0.39, 0.29) is 24.4 Å². The Balaban J connectivity index is 1.81. The van der Waals surface area contributed by atoms with E-state index in [0.717, 1.165) is 21.4 Å². The van der Waals surface area contributed by atoms with Crippen molar-refractivity contribution in [1.82, 2.24) is 19.2 Å². The van der Waals surface area contributed by atoms with Gasteiger partial charge in [-0.2, -0.15) is 0 Å². The van der Waals surface area contributed by atoms with E-state index < -0.39 is 11.7 Å². The normalized spacial score (nSPS) is 13.8. The molecule has 0 bridgehead atoms. The predicted octanol–water partition coefficient (Wildman–Crippen LogP) is 1.27. The van der Waals surface area contributed by atoms with Gasteiger partial charge < -0.3 is 9.64 Å². The van der Waals surface area contributed by atoms with Crippen LogP contribution in [0.25, 0.3) is 0 Å². The van der Waals surface area contributed by atoms with Gasteiger partial charge in [-0.05, 0) is 38.8 Å². The zero-order valence-electron chi connectivity index (χ0n) is 16.1. The van der Waals surface area contributed by atoms with Crippen molar-refractivity contribution < 1.29 is 14.3 Å². The SMILES string of the molecule is Cc1ccc(C)c(CN2CCn3c(nn(CC(=O)OC(C)C)c3=O)C2=O)c1. The molecule has 1 aromatic heterocycles. The summed E-state index contributed by atoms with van der Waals surface area (Å²) in [6, 6.07) is 6.13. The van der Waals surface area contributed by atoms with E-state index in [1.54, 1.807) is 18.7 Å². The van der Waals surface area contributed by atoms with E-state index in [1.165, 1.54) is 4.57 Å². The zero-order chi connectivity index (χ0) is 19.7. The summed E-state index contributed by atoms with van der Waals surface area (Å²) in [5.74, 6) is -0.800. The van der Waals surface area contributed by atoms with Gasteiger partial charge in [-0.25, -0.2) is 9.48 Å².